The lowest BCUT2D eigenvalue weighted by molar-refractivity contribution is -0.870. The summed E-state index contributed by atoms with van der Waals surface area (Å²) in [6.07, 6.45) is 59.3. The maximum absolute atomic E-state index is 12.9. The molecule has 3 unspecified atom stereocenters. The number of nitrogens with zero attached hydrogens (tertiary/aromatic N) is 1. The number of hydrogen-bond acceptors (Lipinski definition) is 6. The first-order valence-corrected chi connectivity index (χ1v) is 29.6. The molecular weight excluding hydrogens is 828 g/mol. The fourth-order valence-corrected chi connectivity index (χ4v) is 9.21. The molecule has 0 radical (unpaired) electrons. The first-order valence-electron chi connectivity index (χ1n) is 28.2. The van der Waals surface area contributed by atoms with Crippen LogP contribution in [0.4, 0.5) is 0 Å². The van der Waals surface area contributed by atoms with Gasteiger partial charge in [-0.25, -0.2) is 0 Å². The Morgan fingerprint density at radius 3 is 1.28 bits per heavy atom. The van der Waals surface area contributed by atoms with Crippen molar-refractivity contribution >= 4 is 13.7 Å². The van der Waals surface area contributed by atoms with Crippen LogP contribution in [-0.4, -0.2) is 68.5 Å². The van der Waals surface area contributed by atoms with Crippen LogP contribution in [0.15, 0.2) is 24.3 Å². The Morgan fingerprint density at radius 2 is 0.892 bits per heavy atom. The topological polar surface area (TPSA) is 108 Å². The van der Waals surface area contributed by atoms with Crippen molar-refractivity contribution in [3.8, 4) is 0 Å². The summed E-state index contributed by atoms with van der Waals surface area (Å²) in [6, 6.07) is -0.796. The van der Waals surface area contributed by atoms with Gasteiger partial charge in [-0.15, -0.1) is 0 Å². The quantitative estimate of drug-likeness (QED) is 0.0272. The highest BCUT2D eigenvalue weighted by Gasteiger charge is 2.24. The summed E-state index contributed by atoms with van der Waals surface area (Å²) in [5.41, 5.74) is 0. The van der Waals surface area contributed by atoms with E-state index in [9.17, 15) is 19.4 Å². The zero-order valence-corrected chi connectivity index (χ0v) is 44.9. The third-order valence-electron chi connectivity index (χ3n) is 12.9. The molecule has 0 spiro atoms. The highest BCUT2D eigenvalue weighted by molar-refractivity contribution is 7.45. The number of nitrogens with one attached hydrogen (secondary N) is 1. The van der Waals surface area contributed by atoms with E-state index in [0.717, 1.165) is 44.9 Å². The minimum Gasteiger partial charge on any atom is -0.756 e. The summed E-state index contributed by atoms with van der Waals surface area (Å²) in [7, 11) is 1.32. The number of phosphoric acid groups is 1. The fraction of sp³-hybridized carbons (Fsp3) is 0.911. The van der Waals surface area contributed by atoms with E-state index in [4.69, 9.17) is 9.05 Å². The van der Waals surface area contributed by atoms with Gasteiger partial charge in [-0.2, -0.15) is 0 Å². The molecule has 0 aliphatic heterocycles. The van der Waals surface area contributed by atoms with E-state index in [-0.39, 0.29) is 19.1 Å². The van der Waals surface area contributed by atoms with E-state index in [1.54, 1.807) is 0 Å². The zero-order chi connectivity index (χ0) is 47.8. The van der Waals surface area contributed by atoms with Crippen molar-refractivity contribution in [1.82, 2.24) is 5.32 Å². The van der Waals surface area contributed by atoms with E-state index in [0.29, 0.717) is 23.9 Å². The lowest BCUT2D eigenvalue weighted by Crippen LogP contribution is -2.46. The average molecular weight is 939 g/mol. The standard InChI is InChI=1S/C56H111N2O6P/c1-6-8-10-12-14-16-18-20-21-22-23-24-25-26-27-28-29-30-31-32-33-34-35-36-37-38-40-42-44-46-48-50-56(60)57-54(53-64-65(61,62)63-52-51-58(3,4)5)55(59)49-47-45-43-41-39-19-17-15-13-11-9-7-2/h18,20,22-23,54-55,59H,6-17,19,21,24-53H2,1-5H3,(H-,57,60,61,62)/b20-18-,23-22-. The second kappa shape index (κ2) is 48.0. The molecule has 0 saturated carbocycles. The third-order valence-corrected chi connectivity index (χ3v) is 13.9. The van der Waals surface area contributed by atoms with Gasteiger partial charge in [0.15, 0.2) is 0 Å². The molecule has 9 heteroatoms. The molecule has 0 rings (SSSR count). The van der Waals surface area contributed by atoms with Crippen LogP contribution in [-0.2, 0) is 18.4 Å². The minimum absolute atomic E-state index is 0.0143. The molecule has 3 atom stereocenters. The molecule has 0 aromatic heterocycles. The molecular formula is C56H111N2O6P. The molecule has 0 bridgehead atoms. The Labute approximate surface area is 404 Å². The van der Waals surface area contributed by atoms with Gasteiger partial charge in [-0.05, 0) is 44.9 Å². The maximum atomic E-state index is 12.9. The van der Waals surface area contributed by atoms with Gasteiger partial charge in [0, 0.05) is 6.42 Å². The Kier molecular flexibility index (Phi) is 47.3. The van der Waals surface area contributed by atoms with Crippen molar-refractivity contribution in [2.45, 2.75) is 289 Å². The number of phosphoric ester groups is 1. The molecule has 65 heavy (non-hydrogen) atoms. The average Bonchev–Trinajstić information content (AvgIpc) is 3.26. The van der Waals surface area contributed by atoms with Gasteiger partial charge in [-0.1, -0.05) is 250 Å². The van der Waals surface area contributed by atoms with Gasteiger partial charge in [0.05, 0.1) is 39.9 Å². The van der Waals surface area contributed by atoms with E-state index >= 15 is 0 Å². The normalized spacial score (nSPS) is 14.1. The zero-order valence-electron chi connectivity index (χ0n) is 44.0. The molecule has 386 valence electrons. The summed E-state index contributed by atoms with van der Waals surface area (Å²) in [5.74, 6) is -0.161. The Hall–Kier alpha value is -1.02. The number of amides is 1. The van der Waals surface area contributed by atoms with Crippen molar-refractivity contribution in [3.05, 3.63) is 24.3 Å². The molecule has 8 nitrogen and oxygen atoms in total. The lowest BCUT2D eigenvalue weighted by Gasteiger charge is -2.30. The number of likely N-dealkylation sites (N-methyl/N-ethyl adjacent to an activating group) is 1. The van der Waals surface area contributed by atoms with Gasteiger partial charge in [0.1, 0.15) is 13.2 Å². The minimum atomic E-state index is -4.56. The van der Waals surface area contributed by atoms with Gasteiger partial charge in [0.25, 0.3) is 7.82 Å². The highest BCUT2D eigenvalue weighted by atomic mass is 31.2. The number of allylic oxidation sites excluding steroid dienone is 4. The van der Waals surface area contributed by atoms with Crippen LogP contribution < -0.4 is 10.2 Å². The predicted octanol–water partition coefficient (Wildman–Crippen LogP) is 16.2. The van der Waals surface area contributed by atoms with Crippen LogP contribution in [0.2, 0.25) is 0 Å². The van der Waals surface area contributed by atoms with Gasteiger partial charge in [0.2, 0.25) is 5.91 Å². The molecule has 0 fully saturated rings. The number of aliphatic hydroxyl groups excluding tert-OH is 1. The third kappa shape index (κ3) is 50.7. The van der Waals surface area contributed by atoms with Crippen LogP contribution in [0.25, 0.3) is 0 Å². The monoisotopic (exact) mass is 939 g/mol. The van der Waals surface area contributed by atoms with Crippen molar-refractivity contribution in [2.24, 2.45) is 0 Å². The van der Waals surface area contributed by atoms with Crippen LogP contribution in [0.1, 0.15) is 277 Å². The van der Waals surface area contributed by atoms with Crippen molar-refractivity contribution in [1.29, 1.82) is 0 Å². The van der Waals surface area contributed by atoms with E-state index < -0.39 is 20.0 Å². The lowest BCUT2D eigenvalue weighted by atomic mass is 10.0. The van der Waals surface area contributed by atoms with Crippen molar-refractivity contribution in [3.63, 3.8) is 0 Å². The van der Waals surface area contributed by atoms with Crippen LogP contribution in [0, 0.1) is 0 Å². The van der Waals surface area contributed by atoms with E-state index in [1.165, 1.54) is 205 Å². The number of carbonyl (C=O) groups excluding carboxylic acids is 1. The summed E-state index contributed by atoms with van der Waals surface area (Å²) >= 11 is 0. The van der Waals surface area contributed by atoms with Gasteiger partial charge >= 0.3 is 0 Å². The van der Waals surface area contributed by atoms with E-state index in [1.807, 2.05) is 21.1 Å². The Balaban J connectivity index is 3.98. The number of aliphatic hydroxyl groups is 1. The number of rotatable bonds is 52. The maximum Gasteiger partial charge on any atom is 0.268 e. The largest absolute Gasteiger partial charge is 0.756 e. The number of hydrogen-bond donors (Lipinski definition) is 2. The van der Waals surface area contributed by atoms with Crippen LogP contribution >= 0.6 is 7.82 Å². The first-order chi connectivity index (χ1) is 31.5. The second-order valence-electron chi connectivity index (χ2n) is 20.6. The molecule has 1 amide bonds. The molecule has 0 aliphatic rings. The predicted molar refractivity (Wildman–Crippen MR) is 279 cm³/mol. The van der Waals surface area contributed by atoms with E-state index in [2.05, 4.69) is 43.5 Å². The molecule has 0 aliphatic carbocycles. The summed E-state index contributed by atoms with van der Waals surface area (Å²) in [5, 5.41) is 14.0. The fourth-order valence-electron chi connectivity index (χ4n) is 8.48. The molecule has 0 aromatic carbocycles. The van der Waals surface area contributed by atoms with Crippen molar-refractivity contribution < 1.29 is 32.9 Å². The number of carbonyl (C=O) groups is 1. The highest BCUT2D eigenvalue weighted by Crippen LogP contribution is 2.38. The van der Waals surface area contributed by atoms with Gasteiger partial charge < -0.3 is 28.8 Å². The van der Waals surface area contributed by atoms with Crippen molar-refractivity contribution in [2.75, 3.05) is 40.9 Å². The Bertz CT molecular complexity index is 1110. The molecule has 2 N–H and O–H groups in total. The van der Waals surface area contributed by atoms with Crippen LogP contribution in [0.3, 0.4) is 0 Å². The second-order valence-corrected chi connectivity index (χ2v) is 22.1. The molecule has 0 aromatic rings. The number of quaternary nitrogens is 1. The summed E-state index contributed by atoms with van der Waals surface area (Å²) in [4.78, 5) is 25.4. The molecule has 0 saturated heterocycles. The Morgan fingerprint density at radius 1 is 0.538 bits per heavy atom. The molecule has 0 heterocycles. The SMILES string of the molecule is CCCCCCC/C=C\C/C=C\CCCCCCCCCCCCCCCCCCCCCC(=O)NC(COP(=O)([O-])OCC[N+](C)(C)C)C(O)CCCCCCCCCCCCCC. The first kappa shape index (κ1) is 64.0. The van der Waals surface area contributed by atoms with Gasteiger partial charge in [-0.3, -0.25) is 9.36 Å². The number of unbranched alkanes of at least 4 members (excludes halogenated alkanes) is 35. The smallest absolute Gasteiger partial charge is 0.268 e. The summed E-state index contributed by atoms with van der Waals surface area (Å²) in [6.45, 7) is 4.73. The van der Waals surface area contributed by atoms with Crippen LogP contribution in [0.5, 0.6) is 0 Å². The summed E-state index contributed by atoms with van der Waals surface area (Å²) < 4.78 is 23.3.